The van der Waals surface area contributed by atoms with E-state index >= 15 is 0 Å². The van der Waals surface area contributed by atoms with Crippen LogP contribution in [0.25, 0.3) is 0 Å². The standard InChI is InChI=1S/C19H22ClF3N4O3S/c1-26(2)8-7-19(30-3)10-27(11-19)13-9-12(21)18(17(23)16(13)20)31(28,29)25-15-6-4-5-14(22)24-15/h4-6,9H,7-8,10-11H2,1-3H3,(H,24,25). The van der Waals surface area contributed by atoms with Crippen molar-refractivity contribution in [2.45, 2.75) is 16.9 Å². The summed E-state index contributed by atoms with van der Waals surface area (Å²) in [5.41, 5.74) is -0.465. The molecule has 0 saturated carbocycles. The van der Waals surface area contributed by atoms with Gasteiger partial charge >= 0.3 is 0 Å². The molecule has 12 heteroatoms. The van der Waals surface area contributed by atoms with Gasteiger partial charge in [-0.05, 0) is 32.6 Å². The molecule has 0 bridgehead atoms. The van der Waals surface area contributed by atoms with E-state index in [-0.39, 0.29) is 5.69 Å². The van der Waals surface area contributed by atoms with Crippen LogP contribution in [-0.2, 0) is 14.8 Å². The van der Waals surface area contributed by atoms with Gasteiger partial charge in [-0.2, -0.15) is 4.39 Å². The van der Waals surface area contributed by atoms with E-state index in [1.165, 1.54) is 6.07 Å². The lowest BCUT2D eigenvalue weighted by Gasteiger charge is -2.51. The fourth-order valence-electron chi connectivity index (χ4n) is 3.33. The smallest absolute Gasteiger partial charge is 0.268 e. The lowest BCUT2D eigenvalue weighted by atomic mass is 9.89. The fraction of sp³-hybridized carbons (Fsp3) is 0.421. The van der Waals surface area contributed by atoms with Crippen LogP contribution in [-0.4, -0.2) is 64.7 Å². The summed E-state index contributed by atoms with van der Waals surface area (Å²) in [6.45, 7) is 1.44. The van der Waals surface area contributed by atoms with Crippen molar-refractivity contribution >= 4 is 33.1 Å². The number of hydrogen-bond donors (Lipinski definition) is 1. The van der Waals surface area contributed by atoms with Crippen LogP contribution in [0.3, 0.4) is 0 Å². The first-order valence-corrected chi connectivity index (χ1v) is 11.1. The van der Waals surface area contributed by atoms with Gasteiger partial charge in [0, 0.05) is 32.8 Å². The lowest BCUT2D eigenvalue weighted by molar-refractivity contribution is -0.0430. The Balaban J connectivity index is 1.86. The third kappa shape index (κ3) is 4.89. The molecule has 2 heterocycles. The zero-order chi connectivity index (χ0) is 23.0. The zero-order valence-electron chi connectivity index (χ0n) is 17.1. The first-order valence-electron chi connectivity index (χ1n) is 9.26. The fourth-order valence-corrected chi connectivity index (χ4v) is 4.80. The number of methoxy groups -OCH3 is 1. The molecular weight excluding hydrogens is 457 g/mol. The quantitative estimate of drug-likeness (QED) is 0.464. The Morgan fingerprint density at radius 3 is 2.55 bits per heavy atom. The molecule has 1 saturated heterocycles. The highest BCUT2D eigenvalue weighted by Gasteiger charge is 2.44. The van der Waals surface area contributed by atoms with E-state index in [1.807, 2.05) is 23.7 Å². The molecule has 1 N–H and O–H groups in total. The number of halogens is 4. The van der Waals surface area contributed by atoms with Crippen molar-refractivity contribution in [2.24, 2.45) is 0 Å². The predicted octanol–water partition coefficient (Wildman–Crippen LogP) is 3.11. The van der Waals surface area contributed by atoms with Crippen LogP contribution in [0.4, 0.5) is 24.7 Å². The Bertz CT molecular complexity index is 1080. The van der Waals surface area contributed by atoms with Crippen LogP contribution in [0, 0.1) is 17.6 Å². The van der Waals surface area contributed by atoms with Crippen LogP contribution in [0.5, 0.6) is 0 Å². The van der Waals surface area contributed by atoms with Gasteiger partial charge < -0.3 is 14.5 Å². The maximum Gasteiger partial charge on any atom is 0.268 e. The average molecular weight is 479 g/mol. The molecule has 1 fully saturated rings. The van der Waals surface area contributed by atoms with Gasteiger partial charge in [0.25, 0.3) is 10.0 Å². The monoisotopic (exact) mass is 478 g/mol. The van der Waals surface area contributed by atoms with Gasteiger partial charge in [-0.3, -0.25) is 4.72 Å². The Morgan fingerprint density at radius 2 is 1.97 bits per heavy atom. The summed E-state index contributed by atoms with van der Waals surface area (Å²) in [5, 5.41) is -0.536. The lowest BCUT2D eigenvalue weighted by Crippen LogP contribution is -2.64. The van der Waals surface area contributed by atoms with Crippen molar-refractivity contribution in [3.63, 3.8) is 0 Å². The van der Waals surface area contributed by atoms with Crippen molar-refractivity contribution in [3.05, 3.63) is 46.9 Å². The second kappa shape index (κ2) is 8.81. The molecule has 2 aromatic rings. The first-order chi connectivity index (χ1) is 14.5. The molecule has 0 spiro atoms. The van der Waals surface area contributed by atoms with E-state index in [0.29, 0.717) is 19.5 Å². The van der Waals surface area contributed by atoms with E-state index in [2.05, 4.69) is 4.98 Å². The topological polar surface area (TPSA) is 74.8 Å². The molecule has 0 unspecified atom stereocenters. The minimum absolute atomic E-state index is 0.0250. The Kier molecular flexibility index (Phi) is 6.70. The van der Waals surface area contributed by atoms with Crippen molar-refractivity contribution in [2.75, 3.05) is 50.5 Å². The molecule has 0 radical (unpaired) electrons. The van der Waals surface area contributed by atoms with Gasteiger partial charge in [0.1, 0.15) is 22.3 Å². The van der Waals surface area contributed by atoms with Gasteiger partial charge in [0.05, 0.1) is 5.69 Å². The molecule has 1 aromatic heterocycles. The van der Waals surface area contributed by atoms with E-state index in [9.17, 15) is 21.6 Å². The van der Waals surface area contributed by atoms with Crippen LogP contribution in [0.15, 0.2) is 29.2 Å². The van der Waals surface area contributed by atoms with Crippen molar-refractivity contribution < 1.29 is 26.3 Å². The largest absolute Gasteiger partial charge is 0.374 e. The van der Waals surface area contributed by atoms with Gasteiger partial charge in [-0.1, -0.05) is 17.7 Å². The molecule has 170 valence electrons. The van der Waals surface area contributed by atoms with Crippen LogP contribution in [0.1, 0.15) is 6.42 Å². The molecule has 0 aliphatic carbocycles. The van der Waals surface area contributed by atoms with Crippen LogP contribution < -0.4 is 9.62 Å². The van der Waals surface area contributed by atoms with Crippen molar-refractivity contribution in [1.82, 2.24) is 9.88 Å². The number of benzene rings is 1. The number of sulfonamides is 1. The second-order valence-electron chi connectivity index (χ2n) is 7.58. The third-order valence-corrected chi connectivity index (χ3v) is 6.82. The summed E-state index contributed by atoms with van der Waals surface area (Å²) >= 11 is 6.08. The van der Waals surface area contributed by atoms with Gasteiger partial charge in [0.15, 0.2) is 10.7 Å². The minimum Gasteiger partial charge on any atom is -0.374 e. The highest BCUT2D eigenvalue weighted by molar-refractivity contribution is 7.92. The summed E-state index contributed by atoms with van der Waals surface area (Å²) in [5.74, 6) is -4.15. The summed E-state index contributed by atoms with van der Waals surface area (Å²) in [6.07, 6.45) is 0.701. The van der Waals surface area contributed by atoms with Crippen molar-refractivity contribution in [3.8, 4) is 0 Å². The van der Waals surface area contributed by atoms with E-state index < -0.39 is 48.9 Å². The van der Waals surface area contributed by atoms with Crippen LogP contribution >= 0.6 is 11.6 Å². The van der Waals surface area contributed by atoms with E-state index in [4.69, 9.17) is 16.3 Å². The Morgan fingerprint density at radius 1 is 1.29 bits per heavy atom. The molecule has 1 aliphatic rings. The average Bonchev–Trinajstić information content (AvgIpc) is 2.64. The molecule has 0 amide bonds. The van der Waals surface area contributed by atoms with Crippen molar-refractivity contribution in [1.29, 1.82) is 0 Å². The molecule has 0 atom stereocenters. The number of pyridine rings is 1. The van der Waals surface area contributed by atoms with E-state index in [1.54, 1.807) is 12.0 Å². The summed E-state index contributed by atoms with van der Waals surface area (Å²) in [7, 11) is 0.663. The molecular formula is C19H22ClF3N4O3S. The Labute approximate surface area is 183 Å². The highest BCUT2D eigenvalue weighted by Crippen LogP contribution is 2.40. The third-order valence-electron chi connectivity index (χ3n) is 5.07. The predicted molar refractivity (Wildman–Crippen MR) is 111 cm³/mol. The normalized spacial score (nSPS) is 15.8. The zero-order valence-corrected chi connectivity index (χ0v) is 18.7. The van der Waals surface area contributed by atoms with Gasteiger partial charge in [0.2, 0.25) is 5.95 Å². The molecule has 31 heavy (non-hydrogen) atoms. The number of nitrogens with zero attached hydrogens (tertiary/aromatic N) is 3. The number of anilines is 2. The maximum atomic E-state index is 14.9. The maximum absolute atomic E-state index is 14.9. The number of hydrogen-bond acceptors (Lipinski definition) is 6. The first kappa shape index (κ1) is 23.6. The van der Waals surface area contributed by atoms with Crippen LogP contribution in [0.2, 0.25) is 5.02 Å². The summed E-state index contributed by atoms with van der Waals surface area (Å²) < 4.78 is 75.3. The highest BCUT2D eigenvalue weighted by atomic mass is 35.5. The van der Waals surface area contributed by atoms with Gasteiger partial charge in [-0.15, -0.1) is 0 Å². The van der Waals surface area contributed by atoms with E-state index in [0.717, 1.165) is 24.7 Å². The molecule has 1 aromatic carbocycles. The number of nitrogens with one attached hydrogen (secondary N) is 1. The molecule has 7 nitrogen and oxygen atoms in total. The Hall–Kier alpha value is -2.08. The molecule has 3 rings (SSSR count). The molecule has 1 aliphatic heterocycles. The number of ether oxygens (including phenoxy) is 1. The number of rotatable bonds is 8. The minimum atomic E-state index is -4.75. The summed E-state index contributed by atoms with van der Waals surface area (Å²) in [6, 6.07) is 4.20. The number of aromatic nitrogens is 1. The second-order valence-corrected chi connectivity index (χ2v) is 9.58. The van der Waals surface area contributed by atoms with Gasteiger partial charge in [-0.25, -0.2) is 22.2 Å². The SMILES string of the molecule is COC1(CCN(C)C)CN(c2cc(F)c(S(=O)(=O)Nc3cccc(F)n3)c(F)c2Cl)C1. The summed E-state index contributed by atoms with van der Waals surface area (Å²) in [4.78, 5) is 5.68.